The first-order chi connectivity index (χ1) is 8.42. The van der Waals surface area contributed by atoms with E-state index in [0.717, 1.165) is 19.3 Å². The monoisotopic (exact) mass is 254 g/mol. The van der Waals surface area contributed by atoms with E-state index >= 15 is 0 Å². The van der Waals surface area contributed by atoms with Crippen molar-refractivity contribution in [1.82, 2.24) is 0 Å². The number of rotatable bonds is 2. The van der Waals surface area contributed by atoms with Crippen LogP contribution in [0, 0.1) is 17.3 Å². The second-order valence-corrected chi connectivity index (χ2v) is 6.28. The Kier molecular flexibility index (Phi) is 3.64. The summed E-state index contributed by atoms with van der Waals surface area (Å²) in [4.78, 5) is 23.8. The average molecular weight is 254 g/mol. The molecule has 0 aromatic rings. The second-order valence-electron chi connectivity index (χ2n) is 6.28. The van der Waals surface area contributed by atoms with Crippen molar-refractivity contribution in [2.45, 2.75) is 52.6 Å². The molecule has 0 unspecified atom stereocenters. The molecule has 3 atom stereocenters. The van der Waals surface area contributed by atoms with Crippen molar-refractivity contribution in [3.63, 3.8) is 0 Å². The van der Waals surface area contributed by atoms with Crippen molar-refractivity contribution in [2.24, 2.45) is 17.3 Å². The highest BCUT2D eigenvalue weighted by molar-refractivity contribution is 5.82. The number of hydrogen-bond acceptors (Lipinski definition) is 4. The Morgan fingerprint density at radius 1 is 1.33 bits per heavy atom. The van der Waals surface area contributed by atoms with Gasteiger partial charge in [0.25, 0.3) is 0 Å². The summed E-state index contributed by atoms with van der Waals surface area (Å²) >= 11 is 0. The van der Waals surface area contributed by atoms with E-state index in [0.29, 0.717) is 12.5 Å². The van der Waals surface area contributed by atoms with Gasteiger partial charge < -0.3 is 9.47 Å². The second kappa shape index (κ2) is 4.90. The first-order valence-corrected chi connectivity index (χ1v) is 6.79. The van der Waals surface area contributed by atoms with E-state index < -0.39 is 17.5 Å². The van der Waals surface area contributed by atoms with Gasteiger partial charge in [0.05, 0.1) is 5.92 Å². The summed E-state index contributed by atoms with van der Waals surface area (Å²) in [5.41, 5.74) is -0.412. The van der Waals surface area contributed by atoms with E-state index in [1.165, 1.54) is 6.42 Å². The van der Waals surface area contributed by atoms with Gasteiger partial charge in [-0.25, -0.2) is 4.79 Å². The van der Waals surface area contributed by atoms with E-state index in [2.05, 4.69) is 6.92 Å². The van der Waals surface area contributed by atoms with E-state index in [9.17, 15) is 9.59 Å². The molecular weight excluding hydrogens is 232 g/mol. The van der Waals surface area contributed by atoms with Gasteiger partial charge in [-0.3, -0.25) is 4.79 Å². The van der Waals surface area contributed by atoms with Crippen LogP contribution in [0.15, 0.2) is 0 Å². The molecule has 102 valence electrons. The molecule has 0 aromatic heterocycles. The van der Waals surface area contributed by atoms with E-state index in [4.69, 9.17) is 9.47 Å². The topological polar surface area (TPSA) is 52.6 Å². The summed E-state index contributed by atoms with van der Waals surface area (Å²) < 4.78 is 10.4. The SMILES string of the molecule is C[C@@H]1CCCC[C@@H]1C(=O)O[C@H]1C(=O)OCC1(C)C. The highest BCUT2D eigenvalue weighted by atomic mass is 16.6. The summed E-state index contributed by atoms with van der Waals surface area (Å²) in [5, 5.41) is 0. The Bertz CT molecular complexity index is 348. The minimum Gasteiger partial charge on any atom is -0.462 e. The van der Waals surface area contributed by atoms with Gasteiger partial charge in [0.2, 0.25) is 6.10 Å². The van der Waals surface area contributed by atoms with Crippen molar-refractivity contribution in [1.29, 1.82) is 0 Å². The largest absolute Gasteiger partial charge is 0.462 e. The molecule has 2 rings (SSSR count). The van der Waals surface area contributed by atoms with Crippen LogP contribution in [0.25, 0.3) is 0 Å². The lowest BCUT2D eigenvalue weighted by atomic mass is 9.80. The zero-order chi connectivity index (χ0) is 13.3. The average Bonchev–Trinajstić information content (AvgIpc) is 2.56. The van der Waals surface area contributed by atoms with Gasteiger partial charge in [-0.15, -0.1) is 0 Å². The van der Waals surface area contributed by atoms with Crippen LogP contribution >= 0.6 is 0 Å². The van der Waals surface area contributed by atoms with Gasteiger partial charge in [-0.05, 0) is 18.8 Å². The van der Waals surface area contributed by atoms with Crippen LogP contribution in [0.1, 0.15) is 46.5 Å². The molecule has 1 aliphatic carbocycles. The fourth-order valence-corrected chi connectivity index (χ4v) is 2.81. The van der Waals surface area contributed by atoms with Crippen LogP contribution in [-0.4, -0.2) is 24.6 Å². The normalized spacial score (nSPS) is 35.1. The Labute approximate surface area is 108 Å². The third-order valence-corrected chi connectivity index (χ3v) is 4.16. The minimum absolute atomic E-state index is 0.0528. The van der Waals surface area contributed by atoms with Crippen LogP contribution in [0.4, 0.5) is 0 Å². The summed E-state index contributed by atoms with van der Waals surface area (Å²) in [6.45, 7) is 6.19. The number of carbonyl (C=O) groups is 2. The smallest absolute Gasteiger partial charge is 0.348 e. The fourth-order valence-electron chi connectivity index (χ4n) is 2.81. The van der Waals surface area contributed by atoms with Crippen molar-refractivity contribution < 1.29 is 19.1 Å². The van der Waals surface area contributed by atoms with E-state index in [-0.39, 0.29) is 11.9 Å². The Morgan fingerprint density at radius 3 is 2.56 bits per heavy atom. The van der Waals surface area contributed by atoms with Gasteiger partial charge in [-0.1, -0.05) is 33.6 Å². The number of esters is 2. The van der Waals surface area contributed by atoms with Crippen molar-refractivity contribution in [2.75, 3.05) is 6.61 Å². The van der Waals surface area contributed by atoms with Gasteiger partial charge in [0, 0.05) is 5.41 Å². The summed E-state index contributed by atoms with van der Waals surface area (Å²) in [7, 11) is 0. The number of ether oxygens (including phenoxy) is 2. The molecule has 0 spiro atoms. The highest BCUT2D eigenvalue weighted by Gasteiger charge is 2.47. The maximum Gasteiger partial charge on any atom is 0.348 e. The lowest BCUT2D eigenvalue weighted by molar-refractivity contribution is -0.168. The van der Waals surface area contributed by atoms with Gasteiger partial charge in [0.1, 0.15) is 6.61 Å². The summed E-state index contributed by atoms with van der Waals surface area (Å²) in [6.07, 6.45) is 3.46. The highest BCUT2D eigenvalue weighted by Crippen LogP contribution is 2.35. The third-order valence-electron chi connectivity index (χ3n) is 4.16. The predicted molar refractivity (Wildman–Crippen MR) is 65.7 cm³/mol. The molecule has 0 amide bonds. The van der Waals surface area contributed by atoms with E-state index in [1.807, 2.05) is 13.8 Å². The Hall–Kier alpha value is -1.06. The quantitative estimate of drug-likeness (QED) is 0.710. The van der Waals surface area contributed by atoms with Crippen molar-refractivity contribution in [3.8, 4) is 0 Å². The molecule has 2 aliphatic rings. The molecule has 0 aromatic carbocycles. The van der Waals surface area contributed by atoms with Gasteiger partial charge in [0.15, 0.2) is 0 Å². The molecular formula is C14H22O4. The fraction of sp³-hybridized carbons (Fsp3) is 0.857. The molecule has 1 heterocycles. The molecule has 2 fully saturated rings. The Balaban J connectivity index is 2.00. The first kappa shape index (κ1) is 13.4. The number of carbonyl (C=O) groups excluding carboxylic acids is 2. The maximum atomic E-state index is 12.2. The predicted octanol–water partition coefficient (Wildman–Crippen LogP) is 2.31. The number of hydrogen-bond donors (Lipinski definition) is 0. The molecule has 0 radical (unpaired) electrons. The lowest BCUT2D eigenvalue weighted by Gasteiger charge is -2.29. The summed E-state index contributed by atoms with van der Waals surface area (Å²) in [6, 6.07) is 0. The first-order valence-electron chi connectivity index (χ1n) is 6.79. The molecule has 1 aliphatic heterocycles. The molecule has 4 nitrogen and oxygen atoms in total. The molecule has 0 bridgehead atoms. The zero-order valence-corrected chi connectivity index (χ0v) is 11.4. The Morgan fingerprint density at radius 2 is 2.00 bits per heavy atom. The van der Waals surface area contributed by atoms with Crippen molar-refractivity contribution in [3.05, 3.63) is 0 Å². The maximum absolute atomic E-state index is 12.2. The minimum atomic E-state index is -0.737. The number of cyclic esters (lactones) is 1. The zero-order valence-electron chi connectivity index (χ0n) is 11.4. The summed E-state index contributed by atoms with van der Waals surface area (Å²) in [5.74, 6) is -0.328. The van der Waals surface area contributed by atoms with Crippen LogP contribution in [0.3, 0.4) is 0 Å². The molecule has 0 N–H and O–H groups in total. The van der Waals surface area contributed by atoms with Crippen LogP contribution in [0.5, 0.6) is 0 Å². The molecule has 1 saturated carbocycles. The standard InChI is InChI=1S/C14H22O4/c1-9-6-4-5-7-10(9)12(15)18-11-13(16)17-8-14(11,2)3/h9-11H,4-8H2,1-3H3/t9-,10+,11+/m1/s1. The van der Waals surface area contributed by atoms with Gasteiger partial charge in [-0.2, -0.15) is 0 Å². The van der Waals surface area contributed by atoms with Crippen LogP contribution in [-0.2, 0) is 19.1 Å². The van der Waals surface area contributed by atoms with Crippen LogP contribution in [0.2, 0.25) is 0 Å². The molecule has 18 heavy (non-hydrogen) atoms. The lowest BCUT2D eigenvalue weighted by Crippen LogP contribution is -2.38. The van der Waals surface area contributed by atoms with Crippen LogP contribution < -0.4 is 0 Å². The molecule has 1 saturated heterocycles. The molecule has 4 heteroatoms. The van der Waals surface area contributed by atoms with E-state index in [1.54, 1.807) is 0 Å². The van der Waals surface area contributed by atoms with Gasteiger partial charge >= 0.3 is 11.9 Å². The third kappa shape index (κ3) is 2.52. The van der Waals surface area contributed by atoms with Crippen molar-refractivity contribution >= 4 is 11.9 Å².